The smallest absolute Gasteiger partial charge is 0.420 e. The van der Waals surface area contributed by atoms with Crippen LogP contribution in [0.25, 0.3) is 0 Å². The number of carbonyl (C=O) groups is 2. The third-order valence-corrected chi connectivity index (χ3v) is 5.09. The quantitative estimate of drug-likeness (QED) is 0.450. The molecule has 5 nitrogen and oxygen atoms in total. The number of carbonyl (C=O) groups excluding carboxylic acids is 2. The van der Waals surface area contributed by atoms with Crippen molar-refractivity contribution in [1.29, 1.82) is 0 Å². The summed E-state index contributed by atoms with van der Waals surface area (Å²) in [5, 5.41) is 0. The number of ether oxygens (including phenoxy) is 2. The Kier molecular flexibility index (Phi) is 7.18. The van der Waals surface area contributed by atoms with Gasteiger partial charge in [0.2, 0.25) is 0 Å². The Hall–Kier alpha value is -3.17. The predicted octanol–water partition coefficient (Wildman–Crippen LogP) is 6.31. The molecular weight excluding hydrogens is 461 g/mol. The van der Waals surface area contributed by atoms with Crippen molar-refractivity contribution < 1.29 is 41.0 Å². The number of cyclic esters (lactones) is 1. The molecule has 34 heavy (non-hydrogen) atoms. The van der Waals surface area contributed by atoms with Crippen LogP contribution in [0.4, 0.5) is 31.5 Å². The second-order valence-electron chi connectivity index (χ2n) is 9.04. The molecule has 2 aromatic carbocycles. The van der Waals surface area contributed by atoms with Crippen LogP contribution in [0.5, 0.6) is 0 Å². The summed E-state index contributed by atoms with van der Waals surface area (Å²) < 4.78 is 76.5. The van der Waals surface area contributed by atoms with Crippen LogP contribution < -0.4 is 0 Å². The molecule has 2 unspecified atom stereocenters. The maximum Gasteiger partial charge on any atom is 0.420 e. The zero-order valence-electron chi connectivity index (χ0n) is 18.7. The van der Waals surface area contributed by atoms with Crippen molar-refractivity contribution in [2.24, 2.45) is 0 Å². The Bertz CT molecular complexity index is 1040. The fraction of sp³-hybridized carbons (Fsp3) is 0.417. The van der Waals surface area contributed by atoms with E-state index >= 15 is 0 Å². The van der Waals surface area contributed by atoms with Crippen LogP contribution in [-0.2, 0) is 22.3 Å². The standard InChI is InChI=1S/C24H24F5NO4/c1-23(2,3)34-22(32)30-18(19(33-21(30)31)16-7-9-17(25)10-8-16)12-14-5-4-6-15(11-14)13-24(28,29)20(26)27/h4-11,18-20H,12-13H2,1-3H3. The van der Waals surface area contributed by atoms with Gasteiger partial charge in [0.25, 0.3) is 0 Å². The summed E-state index contributed by atoms with van der Waals surface area (Å²) >= 11 is 0. The molecule has 0 spiro atoms. The number of imide groups is 1. The number of hydrogen-bond acceptors (Lipinski definition) is 4. The summed E-state index contributed by atoms with van der Waals surface area (Å²) in [4.78, 5) is 26.2. The Morgan fingerprint density at radius 3 is 2.29 bits per heavy atom. The number of hydrogen-bond donors (Lipinski definition) is 0. The second kappa shape index (κ2) is 9.60. The largest absolute Gasteiger partial charge is 0.443 e. The van der Waals surface area contributed by atoms with Gasteiger partial charge in [-0.05, 0) is 56.0 Å². The normalized spacial score (nSPS) is 18.9. The highest BCUT2D eigenvalue weighted by atomic mass is 19.3. The van der Waals surface area contributed by atoms with Crippen LogP contribution in [0, 0.1) is 5.82 Å². The van der Waals surface area contributed by atoms with Crippen LogP contribution in [0.2, 0.25) is 0 Å². The van der Waals surface area contributed by atoms with Gasteiger partial charge < -0.3 is 9.47 Å². The molecule has 184 valence electrons. The van der Waals surface area contributed by atoms with E-state index in [-0.39, 0.29) is 12.0 Å². The van der Waals surface area contributed by atoms with E-state index < -0.39 is 54.5 Å². The Balaban J connectivity index is 1.94. The predicted molar refractivity (Wildman–Crippen MR) is 112 cm³/mol. The summed E-state index contributed by atoms with van der Waals surface area (Å²) in [5.41, 5.74) is -0.135. The lowest BCUT2D eigenvalue weighted by Crippen LogP contribution is -2.43. The number of nitrogens with zero attached hydrogens (tertiary/aromatic N) is 1. The molecule has 0 aromatic heterocycles. The highest BCUT2D eigenvalue weighted by molar-refractivity contribution is 5.90. The topological polar surface area (TPSA) is 55.8 Å². The van der Waals surface area contributed by atoms with Gasteiger partial charge in [-0.3, -0.25) is 0 Å². The van der Waals surface area contributed by atoms with Gasteiger partial charge >= 0.3 is 24.5 Å². The lowest BCUT2D eigenvalue weighted by molar-refractivity contribution is -0.127. The van der Waals surface area contributed by atoms with Gasteiger partial charge in [-0.1, -0.05) is 36.4 Å². The summed E-state index contributed by atoms with van der Waals surface area (Å²) in [6.07, 6.45) is -7.97. The highest BCUT2D eigenvalue weighted by Crippen LogP contribution is 2.36. The first-order valence-corrected chi connectivity index (χ1v) is 10.5. The average Bonchev–Trinajstić information content (AvgIpc) is 3.03. The first-order valence-electron chi connectivity index (χ1n) is 10.5. The van der Waals surface area contributed by atoms with E-state index in [1.165, 1.54) is 42.5 Å². The van der Waals surface area contributed by atoms with Gasteiger partial charge in [0.05, 0.1) is 6.04 Å². The first kappa shape index (κ1) is 25.5. The monoisotopic (exact) mass is 485 g/mol. The van der Waals surface area contributed by atoms with Crippen molar-refractivity contribution in [1.82, 2.24) is 4.90 Å². The van der Waals surface area contributed by atoms with E-state index in [1.807, 2.05) is 0 Å². The van der Waals surface area contributed by atoms with Crippen LogP contribution in [0.3, 0.4) is 0 Å². The van der Waals surface area contributed by atoms with Crippen molar-refractivity contribution in [2.75, 3.05) is 0 Å². The molecule has 1 fully saturated rings. The summed E-state index contributed by atoms with van der Waals surface area (Å²) in [6.45, 7) is 4.85. The molecule has 0 N–H and O–H groups in total. The number of rotatable bonds is 6. The number of benzene rings is 2. The van der Waals surface area contributed by atoms with Gasteiger partial charge in [-0.25, -0.2) is 27.7 Å². The molecule has 2 atom stereocenters. The van der Waals surface area contributed by atoms with Gasteiger partial charge in [0.1, 0.15) is 11.4 Å². The fourth-order valence-corrected chi connectivity index (χ4v) is 3.63. The SMILES string of the molecule is CC(C)(C)OC(=O)N1C(=O)OC(c2ccc(F)cc2)C1Cc1cccc(CC(F)(F)C(F)F)c1. The first-order chi connectivity index (χ1) is 15.8. The maximum atomic E-state index is 13.5. The third kappa shape index (κ3) is 6.03. The molecule has 1 aliphatic heterocycles. The van der Waals surface area contributed by atoms with Crippen molar-refractivity contribution in [2.45, 2.75) is 63.7 Å². The number of alkyl halides is 4. The molecular formula is C24H24F5NO4. The van der Waals surface area contributed by atoms with Crippen molar-refractivity contribution in [3.63, 3.8) is 0 Å². The van der Waals surface area contributed by atoms with Gasteiger partial charge in [0, 0.05) is 6.42 Å². The molecule has 1 aliphatic rings. The Morgan fingerprint density at radius 2 is 1.71 bits per heavy atom. The molecule has 0 aliphatic carbocycles. The maximum absolute atomic E-state index is 13.5. The molecule has 0 radical (unpaired) electrons. The highest BCUT2D eigenvalue weighted by Gasteiger charge is 2.48. The number of halogens is 5. The van der Waals surface area contributed by atoms with E-state index in [9.17, 15) is 31.5 Å². The van der Waals surface area contributed by atoms with Crippen molar-refractivity contribution in [3.05, 3.63) is 71.0 Å². The Labute approximate surface area is 193 Å². The number of amides is 2. The lowest BCUT2D eigenvalue weighted by atomic mass is 9.94. The van der Waals surface area contributed by atoms with Crippen LogP contribution in [0.1, 0.15) is 43.6 Å². The summed E-state index contributed by atoms with van der Waals surface area (Å²) in [6, 6.07) is 9.77. The molecule has 0 bridgehead atoms. The van der Waals surface area contributed by atoms with E-state index in [0.29, 0.717) is 11.1 Å². The zero-order chi connectivity index (χ0) is 25.3. The molecule has 0 saturated carbocycles. The molecule has 1 heterocycles. The van der Waals surface area contributed by atoms with Crippen LogP contribution >= 0.6 is 0 Å². The molecule has 10 heteroatoms. The van der Waals surface area contributed by atoms with Gasteiger partial charge in [-0.15, -0.1) is 0 Å². The average molecular weight is 485 g/mol. The van der Waals surface area contributed by atoms with Crippen molar-refractivity contribution >= 4 is 12.2 Å². The van der Waals surface area contributed by atoms with Gasteiger partial charge in [-0.2, -0.15) is 8.78 Å². The lowest BCUT2D eigenvalue weighted by Gasteiger charge is -2.27. The Morgan fingerprint density at radius 1 is 1.09 bits per heavy atom. The summed E-state index contributed by atoms with van der Waals surface area (Å²) in [7, 11) is 0. The second-order valence-corrected chi connectivity index (χ2v) is 9.04. The van der Waals surface area contributed by atoms with E-state index in [2.05, 4.69) is 0 Å². The molecule has 2 amide bonds. The minimum absolute atomic E-state index is 0.0322. The van der Waals surface area contributed by atoms with E-state index in [0.717, 1.165) is 4.90 Å². The minimum Gasteiger partial charge on any atom is -0.443 e. The minimum atomic E-state index is -4.20. The van der Waals surface area contributed by atoms with Crippen LogP contribution in [0.15, 0.2) is 48.5 Å². The summed E-state index contributed by atoms with van der Waals surface area (Å²) in [5.74, 6) is -4.72. The van der Waals surface area contributed by atoms with E-state index in [4.69, 9.17) is 9.47 Å². The third-order valence-electron chi connectivity index (χ3n) is 5.09. The van der Waals surface area contributed by atoms with Crippen LogP contribution in [-0.4, -0.2) is 41.1 Å². The van der Waals surface area contributed by atoms with Gasteiger partial charge in [0.15, 0.2) is 6.10 Å². The fourth-order valence-electron chi connectivity index (χ4n) is 3.63. The van der Waals surface area contributed by atoms with E-state index in [1.54, 1.807) is 26.8 Å². The zero-order valence-corrected chi connectivity index (χ0v) is 18.7. The molecule has 2 aromatic rings. The van der Waals surface area contributed by atoms with Crippen molar-refractivity contribution in [3.8, 4) is 0 Å². The molecule has 1 saturated heterocycles. The molecule has 3 rings (SSSR count).